The molecule has 3 atom stereocenters. The third-order valence-electron chi connectivity index (χ3n) is 4.73. The van der Waals surface area contributed by atoms with Gasteiger partial charge in [-0.05, 0) is 26.2 Å². The molecule has 1 saturated heterocycles. The molecule has 2 aliphatic heterocycles. The van der Waals surface area contributed by atoms with E-state index in [1.807, 2.05) is 10.7 Å². The number of morpholine rings is 1. The highest BCUT2D eigenvalue weighted by molar-refractivity contribution is 5.94. The van der Waals surface area contributed by atoms with Crippen molar-refractivity contribution in [3.8, 4) is 0 Å². The van der Waals surface area contributed by atoms with E-state index in [9.17, 15) is 4.79 Å². The highest BCUT2D eigenvalue weighted by atomic mass is 16.5. The normalized spacial score (nSPS) is 32.8. The first-order chi connectivity index (χ1) is 9.74. The van der Waals surface area contributed by atoms with Crippen molar-refractivity contribution in [2.45, 2.75) is 44.3 Å². The van der Waals surface area contributed by atoms with E-state index in [0.29, 0.717) is 17.8 Å². The standard InChI is InChI=1S/C14H20N4O2/c1-9-8-20-6-5-17(9)13-7-12-14(19)15-10-3-2-4-11(10)18(12)16-13/h7,9-11H,2-6,8H2,1H3,(H,15,19)/t9-,10+,11-/m0/s1. The van der Waals surface area contributed by atoms with Gasteiger partial charge in [-0.2, -0.15) is 5.10 Å². The fraction of sp³-hybridized carbons (Fsp3) is 0.714. The number of amides is 1. The zero-order valence-electron chi connectivity index (χ0n) is 11.7. The summed E-state index contributed by atoms with van der Waals surface area (Å²) < 4.78 is 7.44. The number of anilines is 1. The Hall–Kier alpha value is -1.56. The number of ether oxygens (including phenoxy) is 1. The quantitative estimate of drug-likeness (QED) is 0.829. The number of fused-ring (bicyclic) bond motifs is 3. The fourth-order valence-electron chi connectivity index (χ4n) is 3.66. The van der Waals surface area contributed by atoms with Crippen LogP contribution >= 0.6 is 0 Å². The molecule has 0 unspecified atom stereocenters. The average Bonchev–Trinajstić information content (AvgIpc) is 3.05. The largest absolute Gasteiger partial charge is 0.377 e. The van der Waals surface area contributed by atoms with E-state index >= 15 is 0 Å². The Bertz CT molecular complexity index is 541. The molecule has 1 aliphatic carbocycles. The maximum atomic E-state index is 12.2. The summed E-state index contributed by atoms with van der Waals surface area (Å²) in [6, 6.07) is 2.85. The summed E-state index contributed by atoms with van der Waals surface area (Å²) in [5, 5.41) is 7.86. The Morgan fingerprint density at radius 1 is 1.45 bits per heavy atom. The fourth-order valence-corrected chi connectivity index (χ4v) is 3.66. The van der Waals surface area contributed by atoms with Gasteiger partial charge in [0.2, 0.25) is 0 Å². The number of hydrogen-bond donors (Lipinski definition) is 1. The molecule has 3 aliphatic rings. The topological polar surface area (TPSA) is 59.4 Å². The summed E-state index contributed by atoms with van der Waals surface area (Å²) >= 11 is 0. The molecule has 20 heavy (non-hydrogen) atoms. The summed E-state index contributed by atoms with van der Waals surface area (Å²) in [5.41, 5.74) is 0.710. The van der Waals surface area contributed by atoms with Crippen molar-refractivity contribution in [1.82, 2.24) is 15.1 Å². The van der Waals surface area contributed by atoms with Gasteiger partial charge in [0, 0.05) is 12.6 Å². The molecule has 4 rings (SSSR count). The number of nitrogens with zero attached hydrogens (tertiary/aromatic N) is 3. The molecule has 2 fully saturated rings. The number of carbonyl (C=O) groups excluding carboxylic acids is 1. The lowest BCUT2D eigenvalue weighted by Gasteiger charge is -2.33. The summed E-state index contributed by atoms with van der Waals surface area (Å²) in [4.78, 5) is 14.4. The first-order valence-electron chi connectivity index (χ1n) is 7.49. The molecule has 0 radical (unpaired) electrons. The van der Waals surface area contributed by atoms with Crippen molar-refractivity contribution in [1.29, 1.82) is 0 Å². The van der Waals surface area contributed by atoms with Gasteiger partial charge in [-0.25, -0.2) is 0 Å². The Balaban J connectivity index is 1.70. The van der Waals surface area contributed by atoms with Gasteiger partial charge in [0.1, 0.15) is 5.69 Å². The van der Waals surface area contributed by atoms with Gasteiger partial charge in [-0.3, -0.25) is 9.48 Å². The minimum absolute atomic E-state index is 0.0211. The monoisotopic (exact) mass is 276 g/mol. The van der Waals surface area contributed by atoms with Gasteiger partial charge in [-0.15, -0.1) is 0 Å². The van der Waals surface area contributed by atoms with Gasteiger partial charge in [-0.1, -0.05) is 0 Å². The molecular formula is C14H20N4O2. The van der Waals surface area contributed by atoms with Crippen molar-refractivity contribution >= 4 is 11.7 Å². The minimum Gasteiger partial charge on any atom is -0.377 e. The van der Waals surface area contributed by atoms with Crippen LogP contribution in [0.1, 0.15) is 42.7 Å². The van der Waals surface area contributed by atoms with Crippen LogP contribution in [0.25, 0.3) is 0 Å². The van der Waals surface area contributed by atoms with E-state index in [1.54, 1.807) is 0 Å². The molecule has 0 spiro atoms. The Morgan fingerprint density at radius 2 is 2.35 bits per heavy atom. The average molecular weight is 276 g/mol. The van der Waals surface area contributed by atoms with Crippen LogP contribution in [0.5, 0.6) is 0 Å². The second-order valence-electron chi connectivity index (χ2n) is 6.03. The van der Waals surface area contributed by atoms with Crippen molar-refractivity contribution in [3.63, 3.8) is 0 Å². The number of nitrogens with one attached hydrogen (secondary N) is 1. The van der Waals surface area contributed by atoms with E-state index in [4.69, 9.17) is 9.84 Å². The zero-order valence-corrected chi connectivity index (χ0v) is 11.7. The van der Waals surface area contributed by atoms with Crippen molar-refractivity contribution < 1.29 is 9.53 Å². The smallest absolute Gasteiger partial charge is 0.269 e. The van der Waals surface area contributed by atoms with Crippen LogP contribution < -0.4 is 10.2 Å². The summed E-state index contributed by atoms with van der Waals surface area (Å²) in [7, 11) is 0. The van der Waals surface area contributed by atoms with Gasteiger partial charge >= 0.3 is 0 Å². The highest BCUT2D eigenvalue weighted by Gasteiger charge is 2.38. The highest BCUT2D eigenvalue weighted by Crippen LogP contribution is 2.35. The lowest BCUT2D eigenvalue weighted by atomic mass is 10.1. The molecule has 0 aromatic carbocycles. The Kier molecular flexibility index (Phi) is 2.73. The summed E-state index contributed by atoms with van der Waals surface area (Å²) in [6.45, 7) is 4.43. The van der Waals surface area contributed by atoms with E-state index in [1.165, 1.54) is 0 Å². The number of aromatic nitrogens is 2. The van der Waals surface area contributed by atoms with E-state index in [-0.39, 0.29) is 11.9 Å². The molecule has 108 valence electrons. The van der Waals surface area contributed by atoms with Crippen LogP contribution in [0.2, 0.25) is 0 Å². The molecular weight excluding hydrogens is 256 g/mol. The van der Waals surface area contributed by atoms with Crippen LogP contribution in [0.3, 0.4) is 0 Å². The summed E-state index contributed by atoms with van der Waals surface area (Å²) in [6.07, 6.45) is 3.34. The van der Waals surface area contributed by atoms with Crippen LogP contribution in [-0.4, -0.2) is 47.5 Å². The number of carbonyl (C=O) groups is 1. The maximum Gasteiger partial charge on any atom is 0.269 e. The molecule has 1 amide bonds. The molecule has 1 saturated carbocycles. The first kappa shape index (κ1) is 12.2. The van der Waals surface area contributed by atoms with Crippen LogP contribution in [0.4, 0.5) is 5.82 Å². The lowest BCUT2D eigenvalue weighted by molar-refractivity contribution is 0.0881. The molecule has 6 nitrogen and oxygen atoms in total. The molecule has 0 bridgehead atoms. The number of rotatable bonds is 1. The van der Waals surface area contributed by atoms with Crippen LogP contribution in [-0.2, 0) is 4.74 Å². The zero-order chi connectivity index (χ0) is 13.7. The molecule has 6 heteroatoms. The molecule has 1 aromatic rings. The molecule has 1 aromatic heterocycles. The predicted molar refractivity (Wildman–Crippen MR) is 74.0 cm³/mol. The first-order valence-corrected chi connectivity index (χ1v) is 7.49. The Morgan fingerprint density at radius 3 is 3.20 bits per heavy atom. The van der Waals surface area contributed by atoms with Crippen LogP contribution in [0, 0.1) is 0 Å². The van der Waals surface area contributed by atoms with Gasteiger partial charge < -0.3 is 15.0 Å². The second kappa shape index (κ2) is 4.48. The Labute approximate surface area is 118 Å². The van der Waals surface area contributed by atoms with Crippen molar-refractivity contribution in [3.05, 3.63) is 11.8 Å². The minimum atomic E-state index is 0.0211. The molecule has 3 heterocycles. The van der Waals surface area contributed by atoms with Gasteiger partial charge in [0.25, 0.3) is 5.91 Å². The third-order valence-corrected chi connectivity index (χ3v) is 4.73. The third kappa shape index (κ3) is 1.74. The van der Waals surface area contributed by atoms with Crippen LogP contribution in [0.15, 0.2) is 6.07 Å². The van der Waals surface area contributed by atoms with Gasteiger partial charge in [0.05, 0.1) is 31.3 Å². The maximum absolute atomic E-state index is 12.2. The van der Waals surface area contributed by atoms with Crippen molar-refractivity contribution in [2.75, 3.05) is 24.7 Å². The predicted octanol–water partition coefficient (Wildman–Crippen LogP) is 0.945. The second-order valence-corrected chi connectivity index (χ2v) is 6.03. The molecule has 1 N–H and O–H groups in total. The lowest BCUT2D eigenvalue weighted by Crippen LogP contribution is -2.45. The van der Waals surface area contributed by atoms with Gasteiger partial charge in [0.15, 0.2) is 5.82 Å². The SMILES string of the molecule is C[C@H]1COCCN1c1cc2n(n1)[C@H]1CCC[C@H]1NC2=O. The summed E-state index contributed by atoms with van der Waals surface area (Å²) in [5.74, 6) is 0.936. The number of hydrogen-bond acceptors (Lipinski definition) is 4. The van der Waals surface area contributed by atoms with E-state index in [0.717, 1.165) is 44.8 Å². The van der Waals surface area contributed by atoms with Crippen molar-refractivity contribution in [2.24, 2.45) is 0 Å². The van der Waals surface area contributed by atoms with E-state index < -0.39 is 0 Å². The van der Waals surface area contributed by atoms with E-state index in [2.05, 4.69) is 17.1 Å².